The van der Waals surface area contributed by atoms with Gasteiger partial charge in [0.1, 0.15) is 5.69 Å². The van der Waals surface area contributed by atoms with Crippen molar-refractivity contribution in [2.45, 2.75) is 32.7 Å². The quantitative estimate of drug-likeness (QED) is 0.309. The molecular weight excluding hydrogens is 498 g/mol. The van der Waals surface area contributed by atoms with Crippen LogP contribution in [0.15, 0.2) is 49.3 Å². The smallest absolute Gasteiger partial charge is 0.245 e. The largest absolute Gasteiger partial charge is 0.338 e. The Hall–Kier alpha value is -3.91. The van der Waals surface area contributed by atoms with Gasteiger partial charge in [-0.3, -0.25) is 19.3 Å². The SMILES string of the molecule is C=CC(=O)N1CC2(CC(n3nc(-c4cccc5c4cnn5C)c(-c4c(Cl)c(C)cc5[nH]ncc45)c3C)C2)C1. The number of benzene rings is 2. The van der Waals surface area contributed by atoms with Gasteiger partial charge in [0.25, 0.3) is 0 Å². The van der Waals surface area contributed by atoms with E-state index < -0.39 is 0 Å². The van der Waals surface area contributed by atoms with Crippen LogP contribution in [0.2, 0.25) is 5.02 Å². The van der Waals surface area contributed by atoms with E-state index in [-0.39, 0.29) is 17.4 Å². The number of hydrogen-bond donors (Lipinski definition) is 1. The number of likely N-dealkylation sites (tertiary alicyclic amines) is 1. The summed E-state index contributed by atoms with van der Waals surface area (Å²) in [6.45, 7) is 9.38. The molecule has 0 atom stereocenters. The van der Waals surface area contributed by atoms with Crippen LogP contribution in [-0.4, -0.2) is 53.7 Å². The normalized spacial score (nSPS) is 16.8. The summed E-state index contributed by atoms with van der Waals surface area (Å²) < 4.78 is 4.08. The number of carbonyl (C=O) groups excluding carboxylic acids is 1. The number of fused-ring (bicyclic) bond motifs is 2. The van der Waals surface area contributed by atoms with Crippen LogP contribution in [0, 0.1) is 19.3 Å². The highest BCUT2D eigenvalue weighted by Gasteiger charge is 2.54. The number of aromatic amines is 1. The Kier molecular flexibility index (Phi) is 4.92. The fourth-order valence-corrected chi connectivity index (χ4v) is 6.86. The molecule has 1 saturated carbocycles. The van der Waals surface area contributed by atoms with Crippen LogP contribution in [0.4, 0.5) is 0 Å². The molecule has 1 saturated heterocycles. The standard InChI is InChI=1S/C29H28ClN7O/c1-5-24(38)36-14-29(15-36)10-18(11-29)37-17(3)25(26-21-12-31-33-22(21)9-16(2)27(26)30)28(34-37)19-7-6-8-23-20(19)13-32-35(23)4/h5-9,12-13,18H,1,10-11,14-15H2,2-4H3,(H,31,33). The number of nitrogens with one attached hydrogen (secondary N) is 1. The van der Waals surface area contributed by atoms with Gasteiger partial charge in [-0.1, -0.05) is 30.3 Å². The van der Waals surface area contributed by atoms with E-state index in [2.05, 4.69) is 51.7 Å². The first-order chi connectivity index (χ1) is 18.3. The summed E-state index contributed by atoms with van der Waals surface area (Å²) in [6.07, 6.45) is 7.15. The Labute approximate surface area is 224 Å². The van der Waals surface area contributed by atoms with Crippen molar-refractivity contribution in [3.8, 4) is 22.4 Å². The van der Waals surface area contributed by atoms with Crippen molar-refractivity contribution in [1.82, 2.24) is 34.7 Å². The van der Waals surface area contributed by atoms with Crippen molar-refractivity contribution in [3.63, 3.8) is 0 Å². The number of rotatable bonds is 4. The minimum absolute atomic E-state index is 0.0155. The van der Waals surface area contributed by atoms with Crippen LogP contribution >= 0.6 is 11.6 Å². The van der Waals surface area contributed by atoms with E-state index in [1.165, 1.54) is 6.08 Å². The summed E-state index contributed by atoms with van der Waals surface area (Å²) in [4.78, 5) is 13.9. The molecule has 5 aromatic rings. The summed E-state index contributed by atoms with van der Waals surface area (Å²) in [5, 5.41) is 20.0. The molecule has 3 aromatic heterocycles. The lowest BCUT2D eigenvalue weighted by molar-refractivity contribution is -0.149. The Bertz CT molecular complexity index is 1780. The zero-order valence-corrected chi connectivity index (χ0v) is 22.4. The fourth-order valence-electron chi connectivity index (χ4n) is 6.61. The number of halogens is 1. The molecule has 4 heterocycles. The first kappa shape index (κ1) is 23.2. The molecule has 38 heavy (non-hydrogen) atoms. The topological polar surface area (TPSA) is 84.6 Å². The molecule has 2 fully saturated rings. The van der Waals surface area contributed by atoms with E-state index in [1.807, 2.05) is 42.0 Å². The minimum atomic E-state index is 0.0155. The van der Waals surface area contributed by atoms with E-state index >= 15 is 0 Å². The first-order valence-electron chi connectivity index (χ1n) is 12.8. The third kappa shape index (κ3) is 3.16. The summed E-state index contributed by atoms with van der Waals surface area (Å²) in [5.41, 5.74) is 8.15. The van der Waals surface area contributed by atoms with E-state index in [0.717, 1.165) is 81.4 Å². The number of amides is 1. The molecule has 0 bridgehead atoms. The highest BCUT2D eigenvalue weighted by atomic mass is 35.5. The van der Waals surface area contributed by atoms with Crippen molar-refractivity contribution >= 4 is 39.3 Å². The van der Waals surface area contributed by atoms with Crippen molar-refractivity contribution < 1.29 is 4.79 Å². The lowest BCUT2D eigenvalue weighted by Gasteiger charge is -2.58. The average molecular weight is 526 g/mol. The van der Waals surface area contributed by atoms with E-state index in [1.54, 1.807) is 0 Å². The van der Waals surface area contributed by atoms with Crippen LogP contribution in [0.1, 0.15) is 30.1 Å². The third-order valence-electron chi connectivity index (χ3n) is 8.53. The second-order valence-electron chi connectivity index (χ2n) is 10.9. The lowest BCUT2D eigenvalue weighted by Crippen LogP contribution is -2.63. The van der Waals surface area contributed by atoms with Gasteiger partial charge in [-0.25, -0.2) is 0 Å². The molecule has 8 nitrogen and oxygen atoms in total. The van der Waals surface area contributed by atoms with Gasteiger partial charge in [0, 0.05) is 58.7 Å². The van der Waals surface area contributed by atoms with Gasteiger partial charge in [0.2, 0.25) is 5.91 Å². The Morgan fingerprint density at radius 2 is 1.97 bits per heavy atom. The van der Waals surface area contributed by atoms with Gasteiger partial charge in [-0.2, -0.15) is 15.3 Å². The average Bonchev–Trinajstić information content (AvgIpc) is 3.56. The highest BCUT2D eigenvalue weighted by Crippen LogP contribution is 2.55. The van der Waals surface area contributed by atoms with Gasteiger partial charge in [-0.05, 0) is 50.5 Å². The summed E-state index contributed by atoms with van der Waals surface area (Å²) >= 11 is 7.05. The van der Waals surface area contributed by atoms with Gasteiger partial charge in [0.15, 0.2) is 0 Å². The van der Waals surface area contributed by atoms with Crippen LogP contribution < -0.4 is 0 Å². The van der Waals surface area contributed by atoms with Gasteiger partial charge in [-0.15, -0.1) is 0 Å². The molecule has 7 rings (SSSR count). The summed E-state index contributed by atoms with van der Waals surface area (Å²) in [6, 6.07) is 8.55. The molecular formula is C29H28ClN7O. The molecule has 1 aliphatic carbocycles. The highest BCUT2D eigenvalue weighted by molar-refractivity contribution is 6.36. The van der Waals surface area contributed by atoms with Gasteiger partial charge >= 0.3 is 0 Å². The van der Waals surface area contributed by atoms with Crippen molar-refractivity contribution in [2.75, 3.05) is 13.1 Å². The molecule has 9 heteroatoms. The van der Waals surface area contributed by atoms with E-state index in [9.17, 15) is 4.79 Å². The number of aryl methyl sites for hydroxylation is 2. The first-order valence-corrected chi connectivity index (χ1v) is 13.2. The maximum atomic E-state index is 12.0. The molecule has 192 valence electrons. The maximum Gasteiger partial charge on any atom is 0.245 e. The summed E-state index contributed by atoms with van der Waals surface area (Å²) in [5.74, 6) is 0.0155. The zero-order valence-electron chi connectivity index (χ0n) is 21.6. The molecule has 1 amide bonds. The van der Waals surface area contributed by atoms with Crippen LogP contribution in [0.5, 0.6) is 0 Å². The second-order valence-corrected chi connectivity index (χ2v) is 11.3. The fraction of sp³-hybridized carbons (Fsp3) is 0.310. The molecule has 0 unspecified atom stereocenters. The summed E-state index contributed by atoms with van der Waals surface area (Å²) in [7, 11) is 1.95. The molecule has 1 spiro atoms. The molecule has 2 aliphatic rings. The number of hydrogen-bond acceptors (Lipinski definition) is 4. The molecule has 0 radical (unpaired) electrons. The zero-order chi connectivity index (χ0) is 26.3. The van der Waals surface area contributed by atoms with Crippen molar-refractivity contribution in [1.29, 1.82) is 0 Å². The molecule has 1 aliphatic heterocycles. The van der Waals surface area contributed by atoms with Crippen molar-refractivity contribution in [2.24, 2.45) is 12.5 Å². The second kappa shape index (κ2) is 8.04. The van der Waals surface area contributed by atoms with Gasteiger partial charge in [0.05, 0.1) is 34.5 Å². The van der Waals surface area contributed by atoms with Crippen LogP contribution in [0.3, 0.4) is 0 Å². The third-order valence-corrected chi connectivity index (χ3v) is 9.02. The molecule has 1 N–H and O–H groups in total. The molecule has 2 aromatic carbocycles. The minimum Gasteiger partial charge on any atom is -0.338 e. The van der Waals surface area contributed by atoms with Crippen LogP contribution in [-0.2, 0) is 11.8 Å². The van der Waals surface area contributed by atoms with Crippen LogP contribution in [0.25, 0.3) is 44.2 Å². The monoisotopic (exact) mass is 525 g/mol. The van der Waals surface area contributed by atoms with Crippen molar-refractivity contribution in [3.05, 3.63) is 65.6 Å². The Morgan fingerprint density at radius 3 is 2.74 bits per heavy atom. The number of carbonyl (C=O) groups is 1. The van der Waals surface area contributed by atoms with E-state index in [0.29, 0.717) is 5.02 Å². The van der Waals surface area contributed by atoms with Gasteiger partial charge < -0.3 is 4.90 Å². The Morgan fingerprint density at radius 1 is 1.18 bits per heavy atom. The lowest BCUT2D eigenvalue weighted by atomic mass is 9.60. The maximum absolute atomic E-state index is 12.0. The number of H-pyrrole nitrogens is 1. The Balaban J connectivity index is 1.39. The predicted octanol–water partition coefficient (Wildman–Crippen LogP) is 5.60. The number of nitrogens with zero attached hydrogens (tertiary/aromatic N) is 6. The number of aromatic nitrogens is 6. The predicted molar refractivity (Wildman–Crippen MR) is 149 cm³/mol. The van der Waals surface area contributed by atoms with E-state index in [4.69, 9.17) is 16.7 Å².